The van der Waals surface area contributed by atoms with Crippen LogP contribution in [0.1, 0.15) is 60.5 Å². The van der Waals surface area contributed by atoms with E-state index in [2.05, 4.69) is 57.4 Å². The fraction of sp³-hybridized carbons (Fsp3) is 0.424. The first-order valence-electron chi connectivity index (χ1n) is 14.9. The number of para-hydroxylation sites is 1. The zero-order valence-corrected chi connectivity index (χ0v) is 24.4. The van der Waals surface area contributed by atoms with E-state index >= 15 is 0 Å². The van der Waals surface area contributed by atoms with Crippen molar-refractivity contribution in [3.8, 4) is 0 Å². The van der Waals surface area contributed by atoms with E-state index in [4.69, 9.17) is 9.72 Å². The molecule has 2 N–H and O–H groups in total. The summed E-state index contributed by atoms with van der Waals surface area (Å²) in [6, 6.07) is 20.3. The normalized spacial score (nSPS) is 16.0. The highest BCUT2D eigenvalue weighted by Gasteiger charge is 2.36. The van der Waals surface area contributed by atoms with Crippen LogP contribution in [0.15, 0.2) is 73.1 Å². The highest BCUT2D eigenvalue weighted by Crippen LogP contribution is 2.32. The highest BCUT2D eigenvalue weighted by atomic mass is 16.5. The third-order valence-electron chi connectivity index (χ3n) is 8.23. The van der Waals surface area contributed by atoms with E-state index in [1.165, 1.54) is 11.1 Å². The minimum Gasteiger partial charge on any atom is -0.381 e. The molecule has 41 heavy (non-hydrogen) atoms. The van der Waals surface area contributed by atoms with Gasteiger partial charge in [0.15, 0.2) is 0 Å². The molecule has 8 heteroatoms. The van der Waals surface area contributed by atoms with Crippen LogP contribution >= 0.6 is 0 Å². The summed E-state index contributed by atoms with van der Waals surface area (Å²) in [7, 11) is 1.95. The Morgan fingerprint density at radius 2 is 1.83 bits per heavy atom. The first kappa shape index (κ1) is 28.8. The van der Waals surface area contributed by atoms with Gasteiger partial charge in [0.2, 0.25) is 5.95 Å². The third-order valence-corrected chi connectivity index (χ3v) is 8.23. The van der Waals surface area contributed by atoms with Gasteiger partial charge in [-0.3, -0.25) is 14.7 Å². The Morgan fingerprint density at radius 1 is 1.07 bits per heavy atom. The van der Waals surface area contributed by atoms with Gasteiger partial charge in [0, 0.05) is 56.7 Å². The van der Waals surface area contributed by atoms with Gasteiger partial charge in [-0.25, -0.2) is 4.98 Å². The molecule has 0 aliphatic carbocycles. The number of carbonyl (C=O) groups excluding carboxylic acids is 1. The molecule has 4 aromatic rings. The molecule has 1 fully saturated rings. The number of likely N-dealkylation sites (N-methyl/N-ethyl adjacent to an activating group) is 1. The number of H-pyrrole nitrogens is 1. The lowest BCUT2D eigenvalue weighted by molar-refractivity contribution is 0.0201. The van der Waals surface area contributed by atoms with Crippen LogP contribution in [0.4, 0.5) is 5.95 Å². The molecule has 1 aliphatic rings. The second-order valence-corrected chi connectivity index (χ2v) is 10.8. The molecule has 2 aromatic heterocycles. The first-order chi connectivity index (χ1) is 20.1. The minimum atomic E-state index is -0.0600. The maximum absolute atomic E-state index is 13.6. The molecule has 2 atom stereocenters. The van der Waals surface area contributed by atoms with Crippen LogP contribution in [0, 0.1) is 0 Å². The number of pyridine rings is 1. The van der Waals surface area contributed by atoms with Gasteiger partial charge in [-0.2, -0.15) is 0 Å². The predicted molar refractivity (Wildman–Crippen MR) is 164 cm³/mol. The lowest BCUT2D eigenvalue weighted by Gasteiger charge is -2.45. The minimum absolute atomic E-state index is 0.0470. The SMILES string of the molecule is CCOCCc1cccc2[nH]c(NC3CCN(C(C(CC)c4ccncc4)N(C)C(=O)c4ccccc4)CC3)nc12. The fourth-order valence-electron chi connectivity index (χ4n) is 6.09. The number of aromatic nitrogens is 3. The van der Waals surface area contributed by atoms with Gasteiger partial charge >= 0.3 is 0 Å². The van der Waals surface area contributed by atoms with Gasteiger partial charge in [0.1, 0.15) is 0 Å². The zero-order chi connectivity index (χ0) is 28.6. The third kappa shape index (κ3) is 6.77. The number of hydrogen-bond acceptors (Lipinski definition) is 6. The molecule has 5 rings (SSSR count). The number of ether oxygens (including phenoxy) is 1. The molecular weight excluding hydrogens is 512 g/mol. The van der Waals surface area contributed by atoms with E-state index in [9.17, 15) is 4.79 Å². The summed E-state index contributed by atoms with van der Waals surface area (Å²) in [5.74, 6) is 1.04. The average Bonchev–Trinajstić information content (AvgIpc) is 3.44. The number of carbonyl (C=O) groups is 1. The van der Waals surface area contributed by atoms with Crippen LogP contribution in [0.25, 0.3) is 11.0 Å². The Morgan fingerprint density at radius 3 is 2.54 bits per heavy atom. The van der Waals surface area contributed by atoms with Crippen LogP contribution in [0.2, 0.25) is 0 Å². The number of piperidine rings is 1. The van der Waals surface area contributed by atoms with E-state index in [0.717, 1.165) is 62.4 Å². The molecule has 1 amide bonds. The van der Waals surface area contributed by atoms with Crippen molar-refractivity contribution in [2.75, 3.05) is 38.7 Å². The van der Waals surface area contributed by atoms with Crippen LogP contribution in [-0.4, -0.2) is 76.2 Å². The number of fused-ring (bicyclic) bond motifs is 1. The van der Waals surface area contributed by atoms with E-state index in [1.54, 1.807) is 0 Å². The van der Waals surface area contributed by atoms with Crippen LogP contribution in [0.3, 0.4) is 0 Å². The number of amides is 1. The molecule has 2 unspecified atom stereocenters. The van der Waals surface area contributed by atoms with E-state index in [0.29, 0.717) is 18.2 Å². The largest absolute Gasteiger partial charge is 0.381 e. The number of benzene rings is 2. The summed E-state index contributed by atoms with van der Waals surface area (Å²) < 4.78 is 5.57. The predicted octanol–water partition coefficient (Wildman–Crippen LogP) is 5.71. The molecule has 0 bridgehead atoms. The molecule has 1 saturated heterocycles. The maximum Gasteiger partial charge on any atom is 0.254 e. The molecule has 2 aromatic carbocycles. The van der Waals surface area contributed by atoms with Crippen molar-refractivity contribution in [3.63, 3.8) is 0 Å². The quantitative estimate of drug-likeness (QED) is 0.218. The second kappa shape index (κ2) is 13.7. The molecule has 3 heterocycles. The molecule has 8 nitrogen and oxygen atoms in total. The number of aromatic amines is 1. The number of likely N-dealkylation sites (tertiary alicyclic amines) is 1. The van der Waals surface area contributed by atoms with Crippen molar-refractivity contribution in [1.29, 1.82) is 0 Å². The molecule has 1 aliphatic heterocycles. The fourth-order valence-corrected chi connectivity index (χ4v) is 6.09. The molecule has 0 radical (unpaired) electrons. The average molecular weight is 555 g/mol. The van der Waals surface area contributed by atoms with Crippen LogP contribution < -0.4 is 5.32 Å². The number of hydrogen-bond donors (Lipinski definition) is 2. The summed E-state index contributed by atoms with van der Waals surface area (Å²) in [5, 5.41) is 3.66. The maximum atomic E-state index is 13.6. The van der Waals surface area contributed by atoms with Gasteiger partial charge in [0.05, 0.1) is 23.8 Å². The monoisotopic (exact) mass is 554 g/mol. The van der Waals surface area contributed by atoms with Crippen molar-refractivity contribution in [2.24, 2.45) is 0 Å². The smallest absolute Gasteiger partial charge is 0.254 e. The van der Waals surface area contributed by atoms with Crippen LogP contribution in [-0.2, 0) is 11.2 Å². The molecule has 0 spiro atoms. The molecule has 0 saturated carbocycles. The van der Waals surface area contributed by atoms with Crippen molar-refractivity contribution < 1.29 is 9.53 Å². The lowest BCUT2D eigenvalue weighted by atomic mass is 9.90. The van der Waals surface area contributed by atoms with Crippen LogP contribution in [0.5, 0.6) is 0 Å². The van der Waals surface area contributed by atoms with Gasteiger partial charge in [-0.05, 0) is 74.1 Å². The standard InChI is InChI=1S/C33H42N6O2/c1-4-28(24-14-19-34-20-15-24)31(38(3)32(40)26-10-7-6-8-11-26)39-21-16-27(17-22-39)35-33-36-29-13-9-12-25(30(29)37-33)18-23-41-5-2/h6-15,19-20,27-28,31H,4-5,16-18,21-23H2,1-3H3,(H2,35,36,37). The zero-order valence-electron chi connectivity index (χ0n) is 24.4. The summed E-state index contributed by atoms with van der Waals surface area (Å²) in [4.78, 5) is 30.7. The number of nitrogens with zero attached hydrogens (tertiary/aromatic N) is 4. The number of anilines is 1. The Balaban J connectivity index is 1.30. The Hall–Kier alpha value is -3.75. The first-order valence-corrected chi connectivity index (χ1v) is 14.9. The lowest BCUT2D eigenvalue weighted by Crippen LogP contribution is -2.55. The second-order valence-electron chi connectivity index (χ2n) is 10.8. The highest BCUT2D eigenvalue weighted by molar-refractivity contribution is 5.94. The number of nitrogens with one attached hydrogen (secondary N) is 2. The topological polar surface area (TPSA) is 86.4 Å². The summed E-state index contributed by atoms with van der Waals surface area (Å²) >= 11 is 0. The van der Waals surface area contributed by atoms with E-state index in [-0.39, 0.29) is 18.0 Å². The number of imidazole rings is 1. The van der Waals surface area contributed by atoms with Gasteiger partial charge in [0.25, 0.3) is 5.91 Å². The number of rotatable bonds is 12. The summed E-state index contributed by atoms with van der Waals surface area (Å²) in [6.45, 7) is 7.42. The summed E-state index contributed by atoms with van der Waals surface area (Å²) in [5.41, 5.74) is 5.18. The molecular formula is C33H42N6O2. The van der Waals surface area contributed by atoms with Crippen molar-refractivity contribution >= 4 is 22.9 Å². The van der Waals surface area contributed by atoms with Gasteiger partial charge < -0.3 is 19.9 Å². The van der Waals surface area contributed by atoms with E-state index in [1.807, 2.05) is 61.6 Å². The van der Waals surface area contributed by atoms with Gasteiger partial charge in [-0.15, -0.1) is 0 Å². The summed E-state index contributed by atoms with van der Waals surface area (Å²) in [6.07, 6.45) is 7.33. The van der Waals surface area contributed by atoms with Gasteiger partial charge in [-0.1, -0.05) is 37.3 Å². The van der Waals surface area contributed by atoms with Crippen molar-refractivity contribution in [1.82, 2.24) is 24.8 Å². The van der Waals surface area contributed by atoms with E-state index < -0.39 is 0 Å². The molecule has 216 valence electrons. The van der Waals surface area contributed by atoms with Crippen molar-refractivity contribution in [2.45, 2.75) is 57.7 Å². The Bertz CT molecular complexity index is 1380. The van der Waals surface area contributed by atoms with Crippen molar-refractivity contribution in [3.05, 3.63) is 89.7 Å². The Kier molecular flexibility index (Phi) is 9.64. The Labute approximate surface area is 243 Å².